The number of benzene rings is 2. The minimum Gasteiger partial charge on any atom is -0.369 e. The highest BCUT2D eigenvalue weighted by Gasteiger charge is 2.34. The van der Waals surface area contributed by atoms with Crippen molar-refractivity contribution in [3.8, 4) is 0 Å². The molecule has 0 atom stereocenters. The van der Waals surface area contributed by atoms with Crippen LogP contribution in [0.5, 0.6) is 0 Å². The lowest BCUT2D eigenvalue weighted by atomic mass is 9.95. The van der Waals surface area contributed by atoms with Crippen molar-refractivity contribution in [1.82, 2.24) is 9.80 Å². The number of fused-ring (bicyclic) bond motifs is 1. The number of carbonyl (C=O) groups is 1. The molecule has 8 nitrogen and oxygen atoms in total. The Morgan fingerprint density at radius 3 is 2.40 bits per heavy atom. The highest BCUT2D eigenvalue weighted by atomic mass is 32.2. The smallest absolute Gasteiger partial charge is 0.285 e. The SMILES string of the molecule is CCN1CCN(c2ccc(NC(=O)C3CCN(C4=NS(=O)(=O)c5ccccc54)CC3)cc2C)CC1. The van der Waals surface area contributed by atoms with E-state index in [1.807, 2.05) is 17.0 Å². The molecule has 186 valence electrons. The quantitative estimate of drug-likeness (QED) is 0.702. The molecule has 0 unspecified atom stereocenters. The summed E-state index contributed by atoms with van der Waals surface area (Å²) < 4.78 is 28.8. The monoisotopic (exact) mass is 495 g/mol. The van der Waals surface area contributed by atoms with Gasteiger partial charge < -0.3 is 20.0 Å². The first-order chi connectivity index (χ1) is 16.9. The molecule has 35 heavy (non-hydrogen) atoms. The van der Waals surface area contributed by atoms with Gasteiger partial charge in [0.1, 0.15) is 4.90 Å². The summed E-state index contributed by atoms with van der Waals surface area (Å²) in [6, 6.07) is 13.1. The molecule has 1 amide bonds. The minimum absolute atomic E-state index is 0.0229. The number of nitrogens with zero attached hydrogens (tertiary/aromatic N) is 4. The Bertz CT molecular complexity index is 1240. The number of carbonyl (C=O) groups excluding carboxylic acids is 1. The molecule has 2 fully saturated rings. The van der Waals surface area contributed by atoms with Crippen LogP contribution in [0.3, 0.4) is 0 Å². The number of likely N-dealkylation sites (N-methyl/N-ethyl adjacent to an activating group) is 1. The Morgan fingerprint density at radius 2 is 1.71 bits per heavy atom. The minimum atomic E-state index is -3.63. The zero-order valence-corrected chi connectivity index (χ0v) is 21.2. The summed E-state index contributed by atoms with van der Waals surface area (Å²) in [6.07, 6.45) is 1.32. The summed E-state index contributed by atoms with van der Waals surface area (Å²) in [5, 5.41) is 3.10. The first-order valence-electron chi connectivity index (χ1n) is 12.4. The molecule has 0 aliphatic carbocycles. The fourth-order valence-electron chi connectivity index (χ4n) is 5.31. The zero-order chi connectivity index (χ0) is 24.6. The van der Waals surface area contributed by atoms with Gasteiger partial charge >= 0.3 is 0 Å². The normalized spacial score (nSPS) is 20.5. The molecule has 0 saturated carbocycles. The van der Waals surface area contributed by atoms with E-state index in [0.29, 0.717) is 37.3 Å². The van der Waals surface area contributed by atoms with E-state index < -0.39 is 10.0 Å². The molecule has 2 aromatic rings. The van der Waals surface area contributed by atoms with Gasteiger partial charge in [-0.05, 0) is 62.2 Å². The molecule has 0 spiro atoms. The molecule has 3 aliphatic heterocycles. The largest absolute Gasteiger partial charge is 0.369 e. The lowest BCUT2D eigenvalue weighted by molar-refractivity contribution is -0.120. The summed E-state index contributed by atoms with van der Waals surface area (Å²) in [5.74, 6) is 0.419. The van der Waals surface area contributed by atoms with E-state index in [1.165, 1.54) is 11.3 Å². The molecule has 2 saturated heterocycles. The van der Waals surface area contributed by atoms with Crippen molar-refractivity contribution in [3.63, 3.8) is 0 Å². The van der Waals surface area contributed by atoms with Gasteiger partial charge in [-0.2, -0.15) is 8.42 Å². The molecule has 1 N–H and O–H groups in total. The number of nitrogens with one attached hydrogen (secondary N) is 1. The van der Waals surface area contributed by atoms with Crippen molar-refractivity contribution in [1.29, 1.82) is 0 Å². The third-order valence-electron chi connectivity index (χ3n) is 7.40. The summed E-state index contributed by atoms with van der Waals surface area (Å²) in [5.41, 5.74) is 3.88. The maximum atomic E-state index is 13.0. The molecular weight excluding hydrogens is 462 g/mol. The van der Waals surface area contributed by atoms with Crippen molar-refractivity contribution in [2.75, 3.05) is 56.0 Å². The number of likely N-dealkylation sites (tertiary alicyclic amines) is 1. The van der Waals surface area contributed by atoms with Crippen LogP contribution in [0.1, 0.15) is 30.9 Å². The van der Waals surface area contributed by atoms with Crippen molar-refractivity contribution < 1.29 is 13.2 Å². The Kier molecular flexibility index (Phi) is 6.55. The third kappa shape index (κ3) is 4.79. The maximum absolute atomic E-state index is 13.0. The van der Waals surface area contributed by atoms with Crippen molar-refractivity contribution in [3.05, 3.63) is 53.6 Å². The van der Waals surface area contributed by atoms with Crippen LogP contribution >= 0.6 is 0 Å². The van der Waals surface area contributed by atoms with E-state index in [2.05, 4.69) is 45.5 Å². The summed E-state index contributed by atoms with van der Waals surface area (Å²) in [7, 11) is -3.63. The second-order valence-electron chi connectivity index (χ2n) is 9.56. The molecular formula is C26H33N5O3S. The number of amidine groups is 1. The predicted octanol–water partition coefficient (Wildman–Crippen LogP) is 2.94. The molecule has 2 aromatic carbocycles. The van der Waals surface area contributed by atoms with Crippen molar-refractivity contribution in [2.24, 2.45) is 10.3 Å². The van der Waals surface area contributed by atoms with Crippen LogP contribution in [0, 0.1) is 12.8 Å². The van der Waals surface area contributed by atoms with Crippen LogP contribution in [-0.2, 0) is 14.8 Å². The Hall–Kier alpha value is -2.91. The molecule has 9 heteroatoms. The Morgan fingerprint density at radius 1 is 1.00 bits per heavy atom. The van der Waals surface area contributed by atoms with E-state index in [-0.39, 0.29) is 16.7 Å². The van der Waals surface area contributed by atoms with E-state index in [9.17, 15) is 13.2 Å². The summed E-state index contributed by atoms with van der Waals surface area (Å²) in [4.78, 5) is 20.1. The summed E-state index contributed by atoms with van der Waals surface area (Å²) in [6.45, 7) is 10.8. The van der Waals surface area contributed by atoms with Gasteiger partial charge in [-0.25, -0.2) is 0 Å². The fourth-order valence-corrected chi connectivity index (χ4v) is 6.54. The number of hydrogen-bond donors (Lipinski definition) is 1. The third-order valence-corrected chi connectivity index (χ3v) is 8.73. The second-order valence-corrected chi connectivity index (χ2v) is 11.1. The molecule has 5 rings (SSSR count). The van der Waals surface area contributed by atoms with Gasteiger partial charge in [0, 0.05) is 62.1 Å². The molecule has 0 aromatic heterocycles. The number of piperazine rings is 1. The number of aryl methyl sites for hydroxylation is 1. The Labute approximate surface area is 207 Å². The Balaban J connectivity index is 1.18. The van der Waals surface area contributed by atoms with Crippen molar-refractivity contribution >= 4 is 33.1 Å². The van der Waals surface area contributed by atoms with Crippen molar-refractivity contribution in [2.45, 2.75) is 31.6 Å². The molecule has 3 aliphatic rings. The average molecular weight is 496 g/mol. The average Bonchev–Trinajstić information content (AvgIpc) is 3.15. The van der Waals surface area contributed by atoms with Gasteiger partial charge in [-0.15, -0.1) is 4.40 Å². The number of hydrogen-bond acceptors (Lipinski definition) is 6. The topological polar surface area (TPSA) is 85.3 Å². The fraction of sp³-hybridized carbons (Fsp3) is 0.462. The molecule has 3 heterocycles. The highest BCUT2D eigenvalue weighted by molar-refractivity contribution is 7.90. The van der Waals surface area contributed by atoms with Crippen LogP contribution in [0.15, 0.2) is 51.8 Å². The second kappa shape index (κ2) is 9.62. The highest BCUT2D eigenvalue weighted by Crippen LogP contribution is 2.30. The first-order valence-corrected chi connectivity index (χ1v) is 13.9. The van der Waals surface area contributed by atoms with Crippen LogP contribution < -0.4 is 10.2 Å². The van der Waals surface area contributed by atoms with Gasteiger partial charge in [-0.1, -0.05) is 19.1 Å². The van der Waals surface area contributed by atoms with Gasteiger partial charge in [0.05, 0.1) is 0 Å². The number of sulfonamides is 1. The number of rotatable bonds is 4. The first kappa shape index (κ1) is 23.8. The summed E-state index contributed by atoms with van der Waals surface area (Å²) >= 11 is 0. The van der Waals surface area contributed by atoms with Gasteiger partial charge in [-0.3, -0.25) is 4.79 Å². The van der Waals surface area contributed by atoms with Crippen LogP contribution in [0.2, 0.25) is 0 Å². The van der Waals surface area contributed by atoms with Crippen LogP contribution in [0.25, 0.3) is 0 Å². The lowest BCUT2D eigenvalue weighted by Crippen LogP contribution is -2.46. The number of piperidine rings is 1. The van der Waals surface area contributed by atoms with Gasteiger partial charge in [0.2, 0.25) is 5.91 Å². The molecule has 0 bridgehead atoms. The van der Waals surface area contributed by atoms with Crippen LogP contribution in [0.4, 0.5) is 11.4 Å². The standard InChI is InChI=1S/C26H33N5O3S/c1-3-29-14-16-30(17-15-29)23-9-8-21(18-19(23)2)27-26(32)20-10-12-31(13-11-20)25-22-6-4-5-7-24(22)35(33,34)28-25/h4-9,18,20H,3,10-17H2,1-2H3,(H,27,32). The zero-order valence-electron chi connectivity index (χ0n) is 20.4. The van der Waals surface area contributed by atoms with Gasteiger partial charge in [0.15, 0.2) is 5.84 Å². The van der Waals surface area contributed by atoms with Crippen LogP contribution in [-0.4, -0.2) is 75.8 Å². The van der Waals surface area contributed by atoms with Gasteiger partial charge in [0.25, 0.3) is 10.0 Å². The van der Waals surface area contributed by atoms with E-state index in [0.717, 1.165) is 38.4 Å². The van der Waals surface area contributed by atoms with E-state index in [1.54, 1.807) is 18.2 Å². The van der Waals surface area contributed by atoms with E-state index >= 15 is 0 Å². The number of amides is 1. The predicted molar refractivity (Wildman–Crippen MR) is 139 cm³/mol. The molecule has 0 radical (unpaired) electrons. The maximum Gasteiger partial charge on any atom is 0.285 e. The van der Waals surface area contributed by atoms with E-state index in [4.69, 9.17) is 0 Å². The number of anilines is 2. The lowest BCUT2D eigenvalue weighted by Gasteiger charge is -2.36.